The van der Waals surface area contributed by atoms with Crippen LogP contribution in [-0.4, -0.2) is 9.85 Å². The van der Waals surface area contributed by atoms with E-state index in [0.29, 0.717) is 42.7 Å². The lowest BCUT2D eigenvalue weighted by atomic mass is 10.1. The molecule has 10 nitrogen and oxygen atoms in total. The Morgan fingerprint density at radius 3 is 1.29 bits per heavy atom. The molecule has 0 saturated carbocycles. The minimum absolute atomic E-state index is 0.0629. The monoisotopic (exact) mass is 770 g/mol. The molecular formula is C36H24Br2N2O8. The molecule has 0 unspecified atom stereocenters. The van der Waals surface area contributed by atoms with Crippen molar-refractivity contribution in [3.05, 3.63) is 162 Å². The molecule has 0 aliphatic heterocycles. The molecule has 0 aliphatic carbocycles. The van der Waals surface area contributed by atoms with E-state index in [1.165, 1.54) is 36.4 Å². The Morgan fingerprint density at radius 1 is 0.521 bits per heavy atom. The summed E-state index contributed by atoms with van der Waals surface area (Å²) in [7, 11) is 0. The number of hydrogen-bond acceptors (Lipinski definition) is 8. The van der Waals surface area contributed by atoms with Gasteiger partial charge in [0.25, 0.3) is 0 Å². The quantitative estimate of drug-likeness (QED) is 0.0890. The van der Waals surface area contributed by atoms with E-state index in [-0.39, 0.29) is 36.1 Å². The fourth-order valence-electron chi connectivity index (χ4n) is 4.86. The molecule has 0 amide bonds. The van der Waals surface area contributed by atoms with Gasteiger partial charge in [-0.3, -0.25) is 20.2 Å². The molecule has 0 aromatic heterocycles. The van der Waals surface area contributed by atoms with Gasteiger partial charge < -0.3 is 18.9 Å². The third-order valence-electron chi connectivity index (χ3n) is 7.18. The molecule has 0 atom stereocenters. The maximum Gasteiger partial charge on any atom is 0.311 e. The third-order valence-corrected chi connectivity index (χ3v) is 8.42. The summed E-state index contributed by atoms with van der Waals surface area (Å²) in [5.74, 6) is 1.63. The SMILES string of the molecule is O=[N+]([O-])c1ccc(Oc2c(Br)ccc3c(Oc4ccc([N+](=O)[O-])c(OCc5ccccc5)c4)c(Br)ccc23)cc1OCc1ccccc1. The zero-order chi connectivity index (χ0) is 33.6. The molecule has 0 fully saturated rings. The fourth-order valence-corrected chi connectivity index (χ4v) is 5.71. The van der Waals surface area contributed by atoms with Crippen LogP contribution >= 0.6 is 31.9 Å². The van der Waals surface area contributed by atoms with Crippen molar-refractivity contribution in [2.75, 3.05) is 0 Å². The predicted molar refractivity (Wildman–Crippen MR) is 187 cm³/mol. The van der Waals surface area contributed by atoms with Crippen molar-refractivity contribution in [2.24, 2.45) is 0 Å². The van der Waals surface area contributed by atoms with Gasteiger partial charge in [-0.05, 0) is 79.4 Å². The lowest BCUT2D eigenvalue weighted by Crippen LogP contribution is -2.00. The first-order valence-electron chi connectivity index (χ1n) is 14.4. The van der Waals surface area contributed by atoms with Gasteiger partial charge in [-0.2, -0.15) is 0 Å². The number of rotatable bonds is 12. The number of benzene rings is 6. The summed E-state index contributed by atoms with van der Waals surface area (Å²) in [5.41, 5.74) is 1.34. The van der Waals surface area contributed by atoms with Gasteiger partial charge in [-0.15, -0.1) is 0 Å². The van der Waals surface area contributed by atoms with Gasteiger partial charge in [0.15, 0.2) is 0 Å². The highest BCUT2D eigenvalue weighted by molar-refractivity contribution is 9.11. The van der Waals surface area contributed by atoms with Crippen molar-refractivity contribution in [1.82, 2.24) is 0 Å². The van der Waals surface area contributed by atoms with Crippen LogP contribution in [-0.2, 0) is 13.2 Å². The molecule has 0 N–H and O–H groups in total. The maximum absolute atomic E-state index is 11.7. The summed E-state index contributed by atoms with van der Waals surface area (Å²) in [4.78, 5) is 22.5. The lowest BCUT2D eigenvalue weighted by Gasteiger charge is -2.16. The van der Waals surface area contributed by atoms with Gasteiger partial charge >= 0.3 is 11.4 Å². The number of nitro benzene ring substituents is 2. The van der Waals surface area contributed by atoms with E-state index in [1.54, 1.807) is 12.1 Å². The second-order valence-corrected chi connectivity index (χ2v) is 12.1. The van der Waals surface area contributed by atoms with Crippen LogP contribution in [0.25, 0.3) is 10.8 Å². The van der Waals surface area contributed by atoms with E-state index < -0.39 is 9.85 Å². The average molecular weight is 772 g/mol. The van der Waals surface area contributed by atoms with Crippen LogP contribution in [0, 0.1) is 20.2 Å². The molecule has 0 aliphatic rings. The largest absolute Gasteiger partial charge is 0.482 e. The van der Waals surface area contributed by atoms with Gasteiger partial charge in [0, 0.05) is 35.0 Å². The molecular weight excluding hydrogens is 748 g/mol. The second kappa shape index (κ2) is 14.5. The fraction of sp³-hybridized carbons (Fsp3) is 0.0556. The van der Waals surface area contributed by atoms with Crippen molar-refractivity contribution in [1.29, 1.82) is 0 Å². The summed E-state index contributed by atoms with van der Waals surface area (Å²) in [5, 5.41) is 24.8. The van der Waals surface area contributed by atoms with Gasteiger partial charge in [-0.25, -0.2) is 0 Å². The van der Waals surface area contributed by atoms with Crippen LogP contribution < -0.4 is 18.9 Å². The number of ether oxygens (including phenoxy) is 4. The van der Waals surface area contributed by atoms with Crippen LogP contribution in [0.15, 0.2) is 130 Å². The number of halogens is 2. The summed E-state index contributed by atoms with van der Waals surface area (Å²) < 4.78 is 25.6. The van der Waals surface area contributed by atoms with E-state index in [2.05, 4.69) is 31.9 Å². The highest BCUT2D eigenvalue weighted by Gasteiger charge is 2.21. The summed E-state index contributed by atoms with van der Waals surface area (Å²) in [6.45, 7) is 0.277. The van der Waals surface area contributed by atoms with Crippen LogP contribution in [0.1, 0.15) is 11.1 Å². The predicted octanol–water partition coefficient (Wildman–Crippen LogP) is 10.9. The molecule has 12 heteroatoms. The average Bonchev–Trinajstić information content (AvgIpc) is 3.09. The first kappa shape index (κ1) is 32.5. The molecule has 0 heterocycles. The third kappa shape index (κ3) is 7.40. The van der Waals surface area contributed by atoms with Crippen molar-refractivity contribution in [3.63, 3.8) is 0 Å². The van der Waals surface area contributed by atoms with Crippen LogP contribution in [0.4, 0.5) is 11.4 Å². The first-order chi connectivity index (χ1) is 23.3. The molecule has 6 aromatic rings. The molecule has 6 aromatic carbocycles. The minimum atomic E-state index is -0.505. The molecule has 6 rings (SSSR count). The lowest BCUT2D eigenvalue weighted by molar-refractivity contribution is -0.386. The number of fused-ring (bicyclic) bond motifs is 1. The Labute approximate surface area is 291 Å². The van der Waals surface area contributed by atoms with Crippen LogP contribution in [0.5, 0.6) is 34.5 Å². The van der Waals surface area contributed by atoms with E-state index in [0.717, 1.165) is 11.1 Å². The first-order valence-corrected chi connectivity index (χ1v) is 16.0. The number of hydrogen-bond donors (Lipinski definition) is 0. The van der Waals surface area contributed by atoms with Gasteiger partial charge in [-0.1, -0.05) is 60.7 Å². The zero-order valence-corrected chi connectivity index (χ0v) is 28.0. The van der Waals surface area contributed by atoms with Crippen molar-refractivity contribution < 1.29 is 28.8 Å². The van der Waals surface area contributed by atoms with E-state index >= 15 is 0 Å². The van der Waals surface area contributed by atoms with Crippen molar-refractivity contribution in [2.45, 2.75) is 13.2 Å². The Bertz CT molecular complexity index is 1980. The highest BCUT2D eigenvalue weighted by Crippen LogP contribution is 2.46. The molecule has 0 saturated heterocycles. The number of nitro groups is 2. The summed E-state index contributed by atoms with van der Waals surface area (Å²) in [6.07, 6.45) is 0. The Hall–Kier alpha value is -5.46. The summed E-state index contributed by atoms with van der Waals surface area (Å²) >= 11 is 7.14. The normalized spacial score (nSPS) is 10.8. The van der Waals surface area contributed by atoms with Gasteiger partial charge in [0.1, 0.15) is 36.2 Å². The topological polar surface area (TPSA) is 123 Å². The Kier molecular flexibility index (Phi) is 9.83. The Balaban J connectivity index is 1.31. The van der Waals surface area contributed by atoms with Crippen molar-refractivity contribution >= 4 is 54.0 Å². The number of nitrogens with zero attached hydrogens (tertiary/aromatic N) is 2. The van der Waals surface area contributed by atoms with Gasteiger partial charge in [0.2, 0.25) is 11.5 Å². The second-order valence-electron chi connectivity index (χ2n) is 10.4. The molecule has 240 valence electrons. The Morgan fingerprint density at radius 2 is 0.917 bits per heavy atom. The van der Waals surface area contributed by atoms with Gasteiger partial charge in [0.05, 0.1) is 18.8 Å². The van der Waals surface area contributed by atoms with E-state index in [1.807, 2.05) is 72.8 Å². The summed E-state index contributed by atoms with van der Waals surface area (Å²) in [6, 6.07) is 34.6. The minimum Gasteiger partial charge on any atom is -0.482 e. The highest BCUT2D eigenvalue weighted by atomic mass is 79.9. The van der Waals surface area contributed by atoms with E-state index in [9.17, 15) is 20.2 Å². The van der Waals surface area contributed by atoms with Crippen LogP contribution in [0.2, 0.25) is 0 Å². The smallest absolute Gasteiger partial charge is 0.311 e. The molecule has 0 bridgehead atoms. The zero-order valence-electron chi connectivity index (χ0n) is 24.9. The van der Waals surface area contributed by atoms with Crippen molar-refractivity contribution in [3.8, 4) is 34.5 Å². The van der Waals surface area contributed by atoms with Crippen LogP contribution in [0.3, 0.4) is 0 Å². The maximum atomic E-state index is 11.7. The standard InChI is InChI=1S/C36H24Br2N2O8/c37-29-15-14-28-27(35(29)47-25-11-17-31(39(41)42)33(19-25)45-21-23-7-3-1-4-8-23)13-16-30(38)36(28)48-26-12-18-32(40(43)44)34(20-26)46-22-24-9-5-2-6-10-24/h1-20H,21-22H2. The molecule has 0 radical (unpaired) electrons. The molecule has 0 spiro atoms. The van der Waals surface area contributed by atoms with E-state index in [4.69, 9.17) is 18.9 Å². The molecule has 48 heavy (non-hydrogen) atoms.